The van der Waals surface area contributed by atoms with Gasteiger partial charge in [-0.2, -0.15) is 0 Å². The third-order valence-corrected chi connectivity index (χ3v) is 2.27. The van der Waals surface area contributed by atoms with Crippen molar-refractivity contribution in [1.29, 1.82) is 0 Å². The van der Waals surface area contributed by atoms with E-state index in [1.807, 2.05) is 6.92 Å². The number of oxime groups is 1. The molecule has 1 aromatic rings. The van der Waals surface area contributed by atoms with Crippen LogP contribution >= 0.6 is 11.6 Å². The predicted octanol–water partition coefficient (Wildman–Crippen LogP) is 1.75. The van der Waals surface area contributed by atoms with Crippen LogP contribution in [0.5, 0.6) is 5.75 Å². The standard InChI is InChI=1S/C9H11ClN2O2/c1-5-3-8(14-2)6(4-7(5)10)9(11)12-13/h3-4,13H,1-2H3,(H2,11,12). The third-order valence-electron chi connectivity index (χ3n) is 1.86. The van der Waals surface area contributed by atoms with Gasteiger partial charge in [-0.05, 0) is 24.6 Å². The summed E-state index contributed by atoms with van der Waals surface area (Å²) in [5.41, 5.74) is 6.80. The molecule has 1 aromatic carbocycles. The van der Waals surface area contributed by atoms with Crippen LogP contribution in [-0.4, -0.2) is 18.2 Å². The summed E-state index contributed by atoms with van der Waals surface area (Å²) in [5, 5.41) is 12.0. The molecule has 0 unspecified atom stereocenters. The Labute approximate surface area is 86.9 Å². The molecule has 0 spiro atoms. The minimum absolute atomic E-state index is 0.0243. The van der Waals surface area contributed by atoms with Crippen molar-refractivity contribution in [3.8, 4) is 5.75 Å². The molecule has 0 atom stereocenters. The maximum absolute atomic E-state index is 8.53. The molecule has 0 aliphatic heterocycles. The molecule has 0 bridgehead atoms. The average Bonchev–Trinajstić information content (AvgIpc) is 2.20. The molecule has 0 aliphatic rings. The Bertz CT molecular complexity index is 377. The zero-order chi connectivity index (χ0) is 10.7. The maximum Gasteiger partial charge on any atom is 0.173 e. The van der Waals surface area contributed by atoms with Crippen molar-refractivity contribution in [3.63, 3.8) is 0 Å². The molecule has 3 N–H and O–H groups in total. The van der Waals surface area contributed by atoms with Gasteiger partial charge in [0.15, 0.2) is 5.84 Å². The van der Waals surface area contributed by atoms with Gasteiger partial charge in [0, 0.05) is 5.02 Å². The second-order valence-corrected chi connectivity index (χ2v) is 3.19. The number of hydrogen-bond acceptors (Lipinski definition) is 3. The Balaban J connectivity index is 3.34. The minimum Gasteiger partial charge on any atom is -0.496 e. The summed E-state index contributed by atoms with van der Waals surface area (Å²) >= 11 is 5.90. The highest BCUT2D eigenvalue weighted by atomic mass is 35.5. The molecule has 0 radical (unpaired) electrons. The largest absolute Gasteiger partial charge is 0.496 e. The first-order valence-corrected chi connectivity index (χ1v) is 4.30. The lowest BCUT2D eigenvalue weighted by atomic mass is 10.1. The highest BCUT2D eigenvalue weighted by Crippen LogP contribution is 2.26. The smallest absolute Gasteiger partial charge is 0.173 e. The van der Waals surface area contributed by atoms with E-state index in [2.05, 4.69) is 5.16 Å². The van der Waals surface area contributed by atoms with Crippen LogP contribution in [0.3, 0.4) is 0 Å². The van der Waals surface area contributed by atoms with Crippen molar-refractivity contribution in [2.45, 2.75) is 6.92 Å². The summed E-state index contributed by atoms with van der Waals surface area (Å²) in [6, 6.07) is 3.33. The highest BCUT2D eigenvalue weighted by molar-refractivity contribution is 6.31. The molecule has 0 aromatic heterocycles. The van der Waals surface area contributed by atoms with Crippen LogP contribution in [0, 0.1) is 6.92 Å². The van der Waals surface area contributed by atoms with E-state index in [0.29, 0.717) is 16.3 Å². The minimum atomic E-state index is -0.0243. The molecule has 4 nitrogen and oxygen atoms in total. The van der Waals surface area contributed by atoms with Gasteiger partial charge in [0.2, 0.25) is 0 Å². The fourth-order valence-corrected chi connectivity index (χ4v) is 1.24. The van der Waals surface area contributed by atoms with E-state index in [0.717, 1.165) is 5.56 Å². The van der Waals surface area contributed by atoms with Crippen LogP contribution in [0.4, 0.5) is 0 Å². The van der Waals surface area contributed by atoms with E-state index in [-0.39, 0.29) is 5.84 Å². The van der Waals surface area contributed by atoms with E-state index < -0.39 is 0 Å². The molecular weight excluding hydrogens is 204 g/mol. The zero-order valence-electron chi connectivity index (χ0n) is 7.91. The summed E-state index contributed by atoms with van der Waals surface area (Å²) in [5.74, 6) is 0.506. The van der Waals surface area contributed by atoms with E-state index in [1.165, 1.54) is 7.11 Å². The summed E-state index contributed by atoms with van der Waals surface area (Å²) in [4.78, 5) is 0. The Hall–Kier alpha value is -1.42. The Kier molecular flexibility index (Phi) is 3.19. The number of methoxy groups -OCH3 is 1. The van der Waals surface area contributed by atoms with E-state index in [4.69, 9.17) is 27.3 Å². The number of halogens is 1. The van der Waals surface area contributed by atoms with Gasteiger partial charge in [0.25, 0.3) is 0 Å². The molecule has 5 heteroatoms. The van der Waals surface area contributed by atoms with Crippen LogP contribution in [0.2, 0.25) is 5.02 Å². The third kappa shape index (κ3) is 1.90. The summed E-state index contributed by atoms with van der Waals surface area (Å²) < 4.78 is 5.07. The van der Waals surface area contributed by atoms with Gasteiger partial charge >= 0.3 is 0 Å². The second kappa shape index (κ2) is 4.19. The molecule has 76 valence electrons. The first kappa shape index (κ1) is 10.7. The summed E-state index contributed by atoms with van der Waals surface area (Å²) in [6.07, 6.45) is 0. The number of nitrogens with zero attached hydrogens (tertiary/aromatic N) is 1. The highest BCUT2D eigenvalue weighted by Gasteiger charge is 2.10. The lowest BCUT2D eigenvalue weighted by Gasteiger charge is -2.09. The van der Waals surface area contributed by atoms with Gasteiger partial charge in [-0.15, -0.1) is 0 Å². The first-order chi connectivity index (χ1) is 6.60. The SMILES string of the molecule is COc1cc(C)c(Cl)cc1/C(N)=N/O. The van der Waals surface area contributed by atoms with Crippen LogP contribution in [0.15, 0.2) is 17.3 Å². The Morgan fingerprint density at radius 1 is 1.57 bits per heavy atom. The number of rotatable bonds is 2. The van der Waals surface area contributed by atoms with Crippen LogP contribution in [0.25, 0.3) is 0 Å². The Morgan fingerprint density at radius 3 is 2.71 bits per heavy atom. The first-order valence-electron chi connectivity index (χ1n) is 3.92. The lowest BCUT2D eigenvalue weighted by Crippen LogP contribution is -2.14. The molecule has 0 saturated carbocycles. The van der Waals surface area contributed by atoms with Crippen molar-refractivity contribution in [3.05, 3.63) is 28.3 Å². The van der Waals surface area contributed by atoms with E-state index >= 15 is 0 Å². The molecule has 0 fully saturated rings. The van der Waals surface area contributed by atoms with Crippen molar-refractivity contribution in [2.24, 2.45) is 10.9 Å². The number of ether oxygens (including phenoxy) is 1. The van der Waals surface area contributed by atoms with Crippen LogP contribution < -0.4 is 10.5 Å². The quantitative estimate of drug-likeness (QED) is 0.341. The van der Waals surface area contributed by atoms with E-state index in [9.17, 15) is 0 Å². The molecule has 14 heavy (non-hydrogen) atoms. The number of hydrogen-bond donors (Lipinski definition) is 2. The van der Waals surface area contributed by atoms with Crippen molar-refractivity contribution in [2.75, 3.05) is 7.11 Å². The van der Waals surface area contributed by atoms with Crippen LogP contribution in [-0.2, 0) is 0 Å². The fourth-order valence-electron chi connectivity index (χ4n) is 1.08. The number of aryl methyl sites for hydroxylation is 1. The van der Waals surface area contributed by atoms with Gasteiger partial charge < -0.3 is 15.7 Å². The van der Waals surface area contributed by atoms with Gasteiger partial charge in [-0.1, -0.05) is 16.8 Å². The van der Waals surface area contributed by atoms with Crippen molar-refractivity contribution < 1.29 is 9.94 Å². The van der Waals surface area contributed by atoms with Gasteiger partial charge in [0.05, 0.1) is 12.7 Å². The topological polar surface area (TPSA) is 67.8 Å². The molecule has 1 rings (SSSR count). The molecule has 0 heterocycles. The maximum atomic E-state index is 8.53. The molecule has 0 amide bonds. The number of nitrogens with two attached hydrogens (primary N) is 1. The van der Waals surface area contributed by atoms with Gasteiger partial charge in [-0.25, -0.2) is 0 Å². The van der Waals surface area contributed by atoms with Gasteiger partial charge in [-0.3, -0.25) is 0 Å². The summed E-state index contributed by atoms with van der Waals surface area (Å²) in [7, 11) is 1.51. The van der Waals surface area contributed by atoms with Gasteiger partial charge in [0.1, 0.15) is 5.75 Å². The predicted molar refractivity (Wildman–Crippen MR) is 55.3 cm³/mol. The lowest BCUT2D eigenvalue weighted by molar-refractivity contribution is 0.318. The zero-order valence-corrected chi connectivity index (χ0v) is 8.67. The van der Waals surface area contributed by atoms with Crippen LogP contribution in [0.1, 0.15) is 11.1 Å². The molecular formula is C9H11ClN2O2. The number of benzene rings is 1. The van der Waals surface area contributed by atoms with Crippen molar-refractivity contribution in [1.82, 2.24) is 0 Å². The molecule has 0 saturated heterocycles. The normalized spacial score (nSPS) is 11.5. The van der Waals surface area contributed by atoms with Crippen molar-refractivity contribution >= 4 is 17.4 Å². The Morgan fingerprint density at radius 2 is 2.21 bits per heavy atom. The molecule has 0 aliphatic carbocycles. The monoisotopic (exact) mass is 214 g/mol. The second-order valence-electron chi connectivity index (χ2n) is 2.79. The number of amidine groups is 1. The fraction of sp³-hybridized carbons (Fsp3) is 0.222. The average molecular weight is 215 g/mol. The summed E-state index contributed by atoms with van der Waals surface area (Å²) in [6.45, 7) is 1.85. The van der Waals surface area contributed by atoms with E-state index in [1.54, 1.807) is 12.1 Å².